The maximum Gasteiger partial charge on any atom is 0.416 e. The van der Waals surface area contributed by atoms with Gasteiger partial charge in [-0.25, -0.2) is 27.1 Å². The van der Waals surface area contributed by atoms with Gasteiger partial charge in [-0.2, -0.15) is 13.2 Å². The van der Waals surface area contributed by atoms with Gasteiger partial charge in [-0.3, -0.25) is 4.79 Å². The summed E-state index contributed by atoms with van der Waals surface area (Å²) in [5.74, 6) is -1.03. The molecule has 13 heteroatoms. The second-order valence-electron chi connectivity index (χ2n) is 9.39. The molecule has 208 valence electrons. The Kier molecular flexibility index (Phi) is 6.57. The number of anilines is 2. The van der Waals surface area contributed by atoms with E-state index in [0.29, 0.717) is 22.7 Å². The van der Waals surface area contributed by atoms with Crippen LogP contribution in [0.25, 0.3) is 10.9 Å². The molecule has 3 heterocycles. The largest absolute Gasteiger partial charge is 0.446 e. The van der Waals surface area contributed by atoms with Crippen LogP contribution in [0.1, 0.15) is 16.8 Å². The predicted octanol–water partition coefficient (Wildman–Crippen LogP) is 4.90. The second-order valence-corrected chi connectivity index (χ2v) is 11.2. The van der Waals surface area contributed by atoms with Gasteiger partial charge in [0.15, 0.2) is 6.04 Å². The summed E-state index contributed by atoms with van der Waals surface area (Å²) in [7, 11) is -2.54. The van der Waals surface area contributed by atoms with Gasteiger partial charge in [0.2, 0.25) is 0 Å². The maximum atomic E-state index is 13.5. The van der Waals surface area contributed by atoms with Crippen molar-refractivity contribution in [3.05, 3.63) is 83.7 Å². The van der Waals surface area contributed by atoms with Crippen LogP contribution in [0.2, 0.25) is 0 Å². The molecule has 1 atom stereocenters. The van der Waals surface area contributed by atoms with E-state index in [1.54, 1.807) is 30.3 Å². The lowest BCUT2D eigenvalue weighted by Crippen LogP contribution is -2.47. The fourth-order valence-electron chi connectivity index (χ4n) is 4.48. The number of cyclic esters (lactones) is 1. The van der Waals surface area contributed by atoms with Crippen LogP contribution in [0.3, 0.4) is 0 Å². The van der Waals surface area contributed by atoms with Gasteiger partial charge in [0, 0.05) is 30.0 Å². The predicted molar refractivity (Wildman–Crippen MR) is 141 cm³/mol. The molecule has 1 aliphatic heterocycles. The summed E-state index contributed by atoms with van der Waals surface area (Å²) in [5, 5.41) is 0.602. The Labute approximate surface area is 227 Å². The van der Waals surface area contributed by atoms with Gasteiger partial charge in [-0.1, -0.05) is 23.8 Å². The van der Waals surface area contributed by atoms with Gasteiger partial charge in [0.25, 0.3) is 15.9 Å². The number of amides is 2. The number of hydrogen-bond acceptors (Lipinski definition) is 6. The molecule has 0 spiro atoms. The van der Waals surface area contributed by atoms with E-state index >= 15 is 0 Å². The van der Waals surface area contributed by atoms with Crippen molar-refractivity contribution in [2.75, 3.05) is 23.5 Å². The van der Waals surface area contributed by atoms with Crippen molar-refractivity contribution < 1.29 is 35.9 Å². The number of aromatic nitrogens is 2. The summed E-state index contributed by atoms with van der Waals surface area (Å²) < 4.78 is 73.0. The molecule has 1 unspecified atom stereocenters. The van der Waals surface area contributed by atoms with E-state index in [1.165, 1.54) is 43.3 Å². The number of pyridine rings is 1. The molecular weight excluding hydrogens is 549 g/mol. The Morgan fingerprint density at radius 1 is 1.05 bits per heavy atom. The summed E-state index contributed by atoms with van der Waals surface area (Å²) in [6.07, 6.45) is -4.28. The minimum atomic E-state index is -4.69. The molecule has 4 aromatic rings. The summed E-state index contributed by atoms with van der Waals surface area (Å²) in [4.78, 5) is 32.2. The number of likely N-dealkylation sites (N-methyl/N-ethyl adjacent to an activating group) is 1. The average Bonchev–Trinajstić information content (AvgIpc) is 3.50. The second kappa shape index (κ2) is 9.66. The maximum absolute atomic E-state index is 13.5. The zero-order chi connectivity index (χ0) is 29.0. The lowest BCUT2D eigenvalue weighted by molar-refractivity contribution is -0.137. The highest BCUT2D eigenvalue weighted by Crippen LogP contribution is 2.34. The average molecular weight is 573 g/mol. The molecule has 2 amide bonds. The number of aryl methyl sites for hydroxylation is 2. The number of hydrogen-bond donors (Lipinski definition) is 0. The Morgan fingerprint density at radius 3 is 2.42 bits per heavy atom. The molecule has 1 fully saturated rings. The fourth-order valence-corrected chi connectivity index (χ4v) is 5.82. The smallest absolute Gasteiger partial charge is 0.416 e. The molecule has 1 aliphatic rings. The number of halogens is 3. The van der Waals surface area contributed by atoms with Crippen molar-refractivity contribution in [3.63, 3.8) is 0 Å². The van der Waals surface area contributed by atoms with Crippen molar-refractivity contribution in [1.82, 2.24) is 8.96 Å². The first-order valence-electron chi connectivity index (χ1n) is 12.0. The summed E-state index contributed by atoms with van der Waals surface area (Å²) in [5.41, 5.74) is 0.491. The first kappa shape index (κ1) is 27.2. The molecule has 40 heavy (non-hydrogen) atoms. The van der Waals surface area contributed by atoms with Gasteiger partial charge in [-0.05, 0) is 56.3 Å². The lowest BCUT2D eigenvalue weighted by atomic mass is 10.1. The van der Waals surface area contributed by atoms with E-state index in [0.717, 1.165) is 20.5 Å². The molecule has 5 rings (SSSR count). The molecule has 0 bridgehead atoms. The van der Waals surface area contributed by atoms with E-state index in [-0.39, 0.29) is 16.4 Å². The van der Waals surface area contributed by atoms with Crippen molar-refractivity contribution in [2.24, 2.45) is 0 Å². The van der Waals surface area contributed by atoms with Crippen LogP contribution >= 0.6 is 0 Å². The molecule has 0 N–H and O–H groups in total. The van der Waals surface area contributed by atoms with Gasteiger partial charge >= 0.3 is 12.3 Å². The summed E-state index contributed by atoms with van der Waals surface area (Å²) in [6.45, 7) is 2.78. The number of ether oxygens (including phenoxy) is 1. The van der Waals surface area contributed by atoms with Crippen LogP contribution in [0.5, 0.6) is 0 Å². The van der Waals surface area contributed by atoms with E-state index in [4.69, 9.17) is 4.74 Å². The van der Waals surface area contributed by atoms with E-state index in [1.807, 2.05) is 6.92 Å². The van der Waals surface area contributed by atoms with E-state index in [9.17, 15) is 31.2 Å². The Hall–Kier alpha value is -4.39. The number of carbonyl (C=O) groups is 2. The normalized spacial score (nSPS) is 15.9. The Bertz CT molecular complexity index is 1750. The molecule has 2 aromatic carbocycles. The van der Waals surface area contributed by atoms with Crippen LogP contribution in [0, 0.1) is 13.8 Å². The first-order valence-corrected chi connectivity index (χ1v) is 13.4. The third-order valence-corrected chi connectivity index (χ3v) is 8.31. The number of fused-ring (bicyclic) bond motifs is 1. The van der Waals surface area contributed by atoms with Crippen molar-refractivity contribution in [3.8, 4) is 0 Å². The van der Waals surface area contributed by atoms with Crippen molar-refractivity contribution in [1.29, 1.82) is 0 Å². The van der Waals surface area contributed by atoms with Crippen molar-refractivity contribution >= 4 is 44.4 Å². The standard InChI is InChI=1S/C27H23F3N4O5S/c1-16-4-8-21(9-5-16)40(37,38)33-11-10-18-6-7-20(14-22(18)33)32(3)25(35)23-15-39-26(36)34(23)24-13-19(27(28,29)30)12-17(2)31-24/h4-14,23H,15H2,1-3H3. The quantitative estimate of drug-likeness (QED) is 0.337. The number of nitrogens with zero attached hydrogens (tertiary/aromatic N) is 4. The van der Waals surface area contributed by atoms with Crippen LogP contribution in [-0.2, 0) is 25.7 Å². The number of rotatable bonds is 5. The summed E-state index contributed by atoms with van der Waals surface area (Å²) in [6, 6.07) is 13.0. The molecule has 1 saturated heterocycles. The first-order chi connectivity index (χ1) is 18.8. The van der Waals surface area contributed by atoms with E-state index < -0.39 is 46.4 Å². The van der Waals surface area contributed by atoms with Crippen molar-refractivity contribution in [2.45, 2.75) is 31.0 Å². The third kappa shape index (κ3) is 4.76. The highest BCUT2D eigenvalue weighted by molar-refractivity contribution is 7.90. The highest BCUT2D eigenvalue weighted by Gasteiger charge is 2.43. The van der Waals surface area contributed by atoms with Crippen LogP contribution < -0.4 is 9.80 Å². The Morgan fingerprint density at radius 2 is 1.75 bits per heavy atom. The lowest BCUT2D eigenvalue weighted by Gasteiger charge is -2.26. The molecule has 9 nitrogen and oxygen atoms in total. The number of alkyl halides is 3. The van der Waals surface area contributed by atoms with Crippen LogP contribution in [0.15, 0.2) is 71.8 Å². The molecular formula is C27H23F3N4O5S. The molecule has 0 saturated carbocycles. The minimum Gasteiger partial charge on any atom is -0.446 e. The minimum absolute atomic E-state index is 0.00470. The zero-order valence-corrected chi connectivity index (χ0v) is 22.3. The van der Waals surface area contributed by atoms with Crippen LogP contribution in [0.4, 0.5) is 29.5 Å². The zero-order valence-electron chi connectivity index (χ0n) is 21.5. The van der Waals surface area contributed by atoms with Gasteiger partial charge in [-0.15, -0.1) is 0 Å². The molecule has 2 aromatic heterocycles. The van der Waals surface area contributed by atoms with Crippen LogP contribution in [-0.4, -0.2) is 49.1 Å². The highest BCUT2D eigenvalue weighted by atomic mass is 32.2. The Balaban J connectivity index is 1.49. The van der Waals surface area contributed by atoms with Gasteiger partial charge < -0.3 is 9.64 Å². The van der Waals surface area contributed by atoms with E-state index in [2.05, 4.69) is 4.98 Å². The third-order valence-electron chi connectivity index (χ3n) is 6.61. The number of benzene rings is 2. The molecule has 0 radical (unpaired) electrons. The summed E-state index contributed by atoms with van der Waals surface area (Å²) >= 11 is 0. The topological polar surface area (TPSA) is 102 Å². The fraction of sp³-hybridized carbons (Fsp3) is 0.222. The monoisotopic (exact) mass is 572 g/mol. The van der Waals surface area contributed by atoms with Gasteiger partial charge in [0.05, 0.1) is 16.0 Å². The molecule has 0 aliphatic carbocycles. The number of carbonyl (C=O) groups excluding carboxylic acids is 2. The van der Waals surface area contributed by atoms with Gasteiger partial charge in [0.1, 0.15) is 12.4 Å². The SMILES string of the molecule is Cc1ccc(S(=O)(=O)n2ccc3ccc(N(C)C(=O)C4COC(=O)N4c4cc(C(F)(F)F)cc(C)n4)cc32)cc1.